The van der Waals surface area contributed by atoms with E-state index in [4.69, 9.17) is 4.74 Å². The number of hydrogen-bond donors (Lipinski definition) is 1. The fraction of sp³-hybridized carbons (Fsp3) is 0.583. The highest BCUT2D eigenvalue weighted by Gasteiger charge is 2.23. The van der Waals surface area contributed by atoms with Crippen molar-refractivity contribution in [3.8, 4) is 0 Å². The number of H-pyrrole nitrogens is 1. The molecule has 0 aliphatic heterocycles. The van der Waals surface area contributed by atoms with E-state index in [0.717, 1.165) is 0 Å². The average molecular weight is 270 g/mol. The summed E-state index contributed by atoms with van der Waals surface area (Å²) in [5, 5.41) is 0.00698. The van der Waals surface area contributed by atoms with Gasteiger partial charge in [0.05, 0.1) is 0 Å². The molecule has 1 aromatic heterocycles. The number of nitrogens with zero attached hydrogens (tertiary/aromatic N) is 1. The molecule has 0 radical (unpaired) electrons. The smallest absolute Gasteiger partial charge is 0.319 e. The van der Waals surface area contributed by atoms with Gasteiger partial charge in [-0.1, -0.05) is 11.8 Å². The first kappa shape index (κ1) is 14.8. The Balaban J connectivity index is 2.72. The van der Waals surface area contributed by atoms with Gasteiger partial charge in [-0.2, -0.15) is 0 Å². The minimum Gasteiger partial charge on any atom is -0.459 e. The molecule has 0 fully saturated rings. The molecule has 0 bridgehead atoms. The molecular weight excluding hydrogens is 252 g/mol. The Kier molecular flexibility index (Phi) is 4.56. The van der Waals surface area contributed by atoms with Crippen molar-refractivity contribution >= 4 is 17.7 Å². The van der Waals surface area contributed by atoms with Gasteiger partial charge in [-0.15, -0.1) is 0 Å². The van der Waals surface area contributed by atoms with Gasteiger partial charge in [0.1, 0.15) is 10.9 Å². The Morgan fingerprint density at radius 2 is 2.11 bits per heavy atom. The molecule has 0 aliphatic carbocycles. The van der Waals surface area contributed by atoms with E-state index in [0.29, 0.717) is 10.9 Å². The second-order valence-corrected chi connectivity index (χ2v) is 6.31. The maximum absolute atomic E-state index is 11.8. The lowest BCUT2D eigenvalue weighted by molar-refractivity contribution is -0.153. The number of thioether (sulfide) groups is 1. The van der Waals surface area contributed by atoms with Gasteiger partial charge in [-0.05, 0) is 34.6 Å². The second-order valence-electron chi connectivity index (χ2n) is 4.99. The molecule has 1 unspecified atom stereocenters. The van der Waals surface area contributed by atoms with Crippen LogP contribution >= 0.6 is 11.8 Å². The largest absolute Gasteiger partial charge is 0.459 e. The zero-order chi connectivity index (χ0) is 13.9. The van der Waals surface area contributed by atoms with Gasteiger partial charge in [0.15, 0.2) is 5.16 Å². The number of carbonyl (C=O) groups is 1. The minimum atomic E-state index is -0.515. The number of ether oxygens (including phenoxy) is 1. The van der Waals surface area contributed by atoms with Crippen LogP contribution in [-0.4, -0.2) is 26.8 Å². The van der Waals surface area contributed by atoms with E-state index in [2.05, 4.69) is 9.97 Å². The minimum absolute atomic E-state index is 0.221. The number of nitrogens with one attached hydrogen (secondary N) is 1. The van der Waals surface area contributed by atoms with E-state index >= 15 is 0 Å². The summed E-state index contributed by atoms with van der Waals surface area (Å²) in [6.07, 6.45) is 0. The lowest BCUT2D eigenvalue weighted by atomic mass is 10.2. The third-order valence-electron chi connectivity index (χ3n) is 1.88. The third kappa shape index (κ3) is 4.91. The fourth-order valence-electron chi connectivity index (χ4n) is 1.21. The molecule has 0 aromatic carbocycles. The average Bonchev–Trinajstić information content (AvgIpc) is 2.12. The first-order valence-electron chi connectivity index (χ1n) is 5.65. The highest BCUT2D eigenvalue weighted by molar-refractivity contribution is 8.00. The Hall–Kier alpha value is -1.30. The Bertz CT molecular complexity index is 491. The summed E-state index contributed by atoms with van der Waals surface area (Å²) >= 11 is 1.18. The maximum atomic E-state index is 11.8. The SMILES string of the molecule is Cc1cc(=O)[nH]c(SC(C)C(=O)OC(C)(C)C)n1. The zero-order valence-electron chi connectivity index (χ0n) is 11.2. The first-order chi connectivity index (χ1) is 8.17. The highest BCUT2D eigenvalue weighted by atomic mass is 32.2. The van der Waals surface area contributed by atoms with Gasteiger partial charge in [0.2, 0.25) is 0 Å². The molecule has 0 saturated heterocycles. The molecule has 1 aromatic rings. The topological polar surface area (TPSA) is 72.0 Å². The second kappa shape index (κ2) is 5.56. The Morgan fingerprint density at radius 3 is 2.61 bits per heavy atom. The van der Waals surface area contributed by atoms with Gasteiger partial charge in [0.25, 0.3) is 5.56 Å². The number of aromatic nitrogens is 2. The summed E-state index contributed by atoms with van der Waals surface area (Å²) < 4.78 is 5.25. The summed E-state index contributed by atoms with van der Waals surface area (Å²) in [6, 6.07) is 1.40. The predicted molar refractivity (Wildman–Crippen MR) is 70.8 cm³/mol. The Morgan fingerprint density at radius 1 is 1.50 bits per heavy atom. The van der Waals surface area contributed by atoms with Gasteiger partial charge < -0.3 is 9.72 Å². The molecule has 0 spiro atoms. The van der Waals surface area contributed by atoms with Crippen LogP contribution in [0.1, 0.15) is 33.4 Å². The van der Waals surface area contributed by atoms with Crippen LogP contribution in [0.25, 0.3) is 0 Å². The summed E-state index contributed by atoms with van der Waals surface area (Å²) in [7, 11) is 0. The van der Waals surface area contributed by atoms with Crippen molar-refractivity contribution in [3.05, 3.63) is 22.1 Å². The fourth-order valence-corrected chi connectivity index (χ4v) is 2.04. The van der Waals surface area contributed by atoms with Crippen LogP contribution in [0.2, 0.25) is 0 Å². The number of hydrogen-bond acceptors (Lipinski definition) is 5. The summed E-state index contributed by atoms with van der Waals surface area (Å²) in [5.41, 5.74) is -0.113. The van der Waals surface area contributed by atoms with Gasteiger partial charge in [-0.3, -0.25) is 9.59 Å². The van der Waals surface area contributed by atoms with Gasteiger partial charge in [-0.25, -0.2) is 4.98 Å². The Labute approximate surface area is 110 Å². The summed E-state index contributed by atoms with van der Waals surface area (Å²) in [6.45, 7) is 8.90. The van der Waals surface area contributed by atoms with Gasteiger partial charge >= 0.3 is 5.97 Å². The molecule has 0 aliphatic rings. The molecule has 1 rings (SSSR count). The van der Waals surface area contributed by atoms with Crippen molar-refractivity contribution in [2.45, 2.75) is 50.6 Å². The van der Waals surface area contributed by atoms with Crippen LogP contribution in [0.4, 0.5) is 0 Å². The van der Waals surface area contributed by atoms with Crippen molar-refractivity contribution in [1.82, 2.24) is 9.97 Å². The number of aromatic amines is 1. The molecule has 0 amide bonds. The van der Waals surface area contributed by atoms with Crippen molar-refractivity contribution in [2.24, 2.45) is 0 Å². The highest BCUT2D eigenvalue weighted by Crippen LogP contribution is 2.21. The van der Waals surface area contributed by atoms with Crippen molar-refractivity contribution < 1.29 is 9.53 Å². The van der Waals surface area contributed by atoms with Crippen molar-refractivity contribution in [2.75, 3.05) is 0 Å². The van der Waals surface area contributed by atoms with E-state index < -0.39 is 10.9 Å². The van der Waals surface area contributed by atoms with Crippen LogP contribution in [-0.2, 0) is 9.53 Å². The van der Waals surface area contributed by atoms with Crippen LogP contribution in [0.15, 0.2) is 16.0 Å². The molecule has 6 heteroatoms. The number of aryl methyl sites for hydroxylation is 1. The van der Waals surface area contributed by atoms with Crippen LogP contribution in [0.5, 0.6) is 0 Å². The molecular formula is C12H18N2O3S. The number of esters is 1. The standard InChI is InChI=1S/C12H18N2O3S/c1-7-6-9(15)14-11(13-7)18-8(2)10(16)17-12(3,4)5/h6,8H,1-5H3,(H,13,14,15). The molecule has 18 heavy (non-hydrogen) atoms. The first-order valence-corrected chi connectivity index (χ1v) is 6.53. The molecule has 100 valence electrons. The summed E-state index contributed by atoms with van der Waals surface area (Å²) in [4.78, 5) is 29.8. The van der Waals surface area contributed by atoms with Crippen LogP contribution < -0.4 is 5.56 Å². The van der Waals surface area contributed by atoms with E-state index in [9.17, 15) is 9.59 Å². The van der Waals surface area contributed by atoms with Crippen molar-refractivity contribution in [3.63, 3.8) is 0 Å². The predicted octanol–water partition coefficient (Wildman–Crippen LogP) is 1.90. The normalized spacial score (nSPS) is 13.2. The molecule has 1 atom stereocenters. The number of rotatable bonds is 3. The van der Waals surface area contributed by atoms with Crippen molar-refractivity contribution in [1.29, 1.82) is 0 Å². The third-order valence-corrected chi connectivity index (χ3v) is 2.84. The lowest BCUT2D eigenvalue weighted by Gasteiger charge is -2.21. The molecule has 5 nitrogen and oxygen atoms in total. The maximum Gasteiger partial charge on any atom is 0.319 e. The molecule has 0 saturated carbocycles. The molecule has 1 heterocycles. The van der Waals surface area contributed by atoms with Gasteiger partial charge in [0, 0.05) is 11.8 Å². The monoisotopic (exact) mass is 270 g/mol. The van der Waals surface area contributed by atoms with Crippen LogP contribution in [0.3, 0.4) is 0 Å². The van der Waals surface area contributed by atoms with E-state index in [1.54, 1.807) is 13.8 Å². The van der Waals surface area contributed by atoms with E-state index in [1.165, 1.54) is 17.8 Å². The zero-order valence-corrected chi connectivity index (χ0v) is 12.1. The summed E-state index contributed by atoms with van der Waals surface area (Å²) in [5.74, 6) is -0.323. The van der Waals surface area contributed by atoms with E-state index in [1.807, 2.05) is 20.8 Å². The van der Waals surface area contributed by atoms with E-state index in [-0.39, 0.29) is 11.5 Å². The number of carbonyl (C=O) groups excluding carboxylic acids is 1. The quantitative estimate of drug-likeness (QED) is 0.516. The lowest BCUT2D eigenvalue weighted by Crippen LogP contribution is -2.29. The van der Waals surface area contributed by atoms with Crippen LogP contribution in [0, 0.1) is 6.92 Å². The molecule has 1 N–H and O–H groups in total.